The van der Waals surface area contributed by atoms with E-state index in [1.807, 2.05) is 107 Å². The lowest BCUT2D eigenvalue weighted by Gasteiger charge is -2.38. The zero-order valence-corrected chi connectivity index (χ0v) is 26.6. The minimum absolute atomic E-state index is 0.163. The number of rotatable bonds is 5. The fourth-order valence-corrected chi connectivity index (χ4v) is 6.89. The Morgan fingerprint density at radius 2 is 1.50 bits per heavy atom. The summed E-state index contributed by atoms with van der Waals surface area (Å²) in [6.45, 7) is 7.49. The molecule has 4 aromatic carbocycles. The second-order valence-electron chi connectivity index (χ2n) is 13.0. The van der Waals surface area contributed by atoms with Crippen LogP contribution in [0.5, 0.6) is 11.5 Å². The van der Waals surface area contributed by atoms with Crippen molar-refractivity contribution in [1.29, 1.82) is 0 Å². The number of benzene rings is 4. The molecule has 1 fully saturated rings. The molecule has 0 aromatic heterocycles. The van der Waals surface area contributed by atoms with Crippen LogP contribution < -0.4 is 9.64 Å². The van der Waals surface area contributed by atoms with E-state index in [4.69, 9.17) is 23.7 Å². The van der Waals surface area contributed by atoms with Crippen LogP contribution in [-0.2, 0) is 35.9 Å². The largest absolute Gasteiger partial charge is 0.458 e. The molecule has 3 atom stereocenters. The van der Waals surface area contributed by atoms with E-state index in [9.17, 15) is 9.59 Å². The van der Waals surface area contributed by atoms with Crippen LogP contribution >= 0.6 is 0 Å². The van der Waals surface area contributed by atoms with Crippen LogP contribution in [0.15, 0.2) is 91.0 Å². The first-order valence-corrected chi connectivity index (χ1v) is 15.6. The third kappa shape index (κ3) is 4.93. The molecule has 1 spiro atoms. The number of esters is 1. The standard InChI is InChI=1S/C38H37NO7/c1-23(33-22-43-38(45-33)28-16-8-10-19-31(28)44-32-20-11-9-17-29(32)38)34(35(40)46-37(2,3)4)39(36(41)42-5)30-18-12-15-26-25-14-7-6-13-24(25)21-27(26)30/h6-20,23,33-34H,21-22H2,1-5H3/t23-,33-,34-/m0/s1. The summed E-state index contributed by atoms with van der Waals surface area (Å²) in [6.07, 6.45) is -0.662. The lowest BCUT2D eigenvalue weighted by molar-refractivity contribution is -0.165. The Hall–Kier alpha value is -4.66. The second kappa shape index (κ2) is 11.3. The number of nitrogens with zero attached hydrogens (tertiary/aromatic N) is 1. The van der Waals surface area contributed by atoms with Gasteiger partial charge in [-0.05, 0) is 73.4 Å². The van der Waals surface area contributed by atoms with E-state index in [1.165, 1.54) is 12.0 Å². The molecular weight excluding hydrogens is 582 g/mol. The number of hydrogen-bond acceptors (Lipinski definition) is 7. The second-order valence-corrected chi connectivity index (χ2v) is 13.0. The van der Waals surface area contributed by atoms with Gasteiger partial charge in [0.2, 0.25) is 5.79 Å². The molecule has 1 saturated heterocycles. The third-order valence-electron chi connectivity index (χ3n) is 8.94. The molecule has 1 amide bonds. The molecule has 3 aliphatic rings. The highest BCUT2D eigenvalue weighted by molar-refractivity contribution is 5.98. The number of ether oxygens (including phenoxy) is 5. The number of fused-ring (bicyclic) bond motifs is 7. The lowest BCUT2D eigenvalue weighted by Crippen LogP contribution is -2.54. The third-order valence-corrected chi connectivity index (χ3v) is 8.94. The molecule has 0 bridgehead atoms. The molecule has 8 nitrogen and oxygen atoms in total. The fourth-order valence-electron chi connectivity index (χ4n) is 6.89. The van der Waals surface area contributed by atoms with Crippen molar-refractivity contribution < 1.29 is 33.3 Å². The monoisotopic (exact) mass is 619 g/mol. The quantitative estimate of drug-likeness (QED) is 0.187. The number of anilines is 1. The van der Waals surface area contributed by atoms with Gasteiger partial charge in [-0.2, -0.15) is 0 Å². The van der Waals surface area contributed by atoms with Gasteiger partial charge in [-0.25, -0.2) is 9.59 Å². The summed E-state index contributed by atoms with van der Waals surface area (Å²) in [5.74, 6) is -1.14. The predicted octanol–water partition coefficient (Wildman–Crippen LogP) is 7.60. The Morgan fingerprint density at radius 1 is 0.870 bits per heavy atom. The maximum atomic E-state index is 14.3. The van der Waals surface area contributed by atoms with Gasteiger partial charge in [0, 0.05) is 12.3 Å². The van der Waals surface area contributed by atoms with Crippen molar-refractivity contribution in [3.05, 3.63) is 113 Å². The van der Waals surface area contributed by atoms with Gasteiger partial charge in [-0.3, -0.25) is 4.90 Å². The molecule has 0 saturated carbocycles. The van der Waals surface area contributed by atoms with Gasteiger partial charge < -0.3 is 23.7 Å². The summed E-state index contributed by atoms with van der Waals surface area (Å²) >= 11 is 0. The van der Waals surface area contributed by atoms with Gasteiger partial charge >= 0.3 is 12.1 Å². The van der Waals surface area contributed by atoms with Crippen molar-refractivity contribution in [2.75, 3.05) is 18.6 Å². The molecule has 46 heavy (non-hydrogen) atoms. The highest BCUT2D eigenvalue weighted by Gasteiger charge is 2.54. The van der Waals surface area contributed by atoms with E-state index >= 15 is 0 Å². The number of methoxy groups -OCH3 is 1. The minimum Gasteiger partial charge on any atom is -0.458 e. The number of amides is 1. The highest BCUT2D eigenvalue weighted by atomic mass is 16.7. The van der Waals surface area contributed by atoms with Crippen molar-refractivity contribution in [2.45, 2.75) is 57.6 Å². The summed E-state index contributed by atoms with van der Waals surface area (Å²) in [4.78, 5) is 29.6. The smallest absolute Gasteiger partial charge is 0.414 e. The molecule has 236 valence electrons. The molecule has 7 rings (SSSR count). The summed E-state index contributed by atoms with van der Waals surface area (Å²) in [5.41, 5.74) is 5.49. The van der Waals surface area contributed by atoms with E-state index in [0.29, 0.717) is 23.6 Å². The zero-order chi connectivity index (χ0) is 32.2. The number of para-hydroxylation sites is 2. The van der Waals surface area contributed by atoms with E-state index in [0.717, 1.165) is 33.4 Å². The Bertz CT molecular complexity index is 1780. The Labute approximate surface area is 268 Å². The van der Waals surface area contributed by atoms with E-state index in [-0.39, 0.29) is 6.61 Å². The van der Waals surface area contributed by atoms with Crippen molar-refractivity contribution in [3.63, 3.8) is 0 Å². The van der Waals surface area contributed by atoms with Gasteiger partial charge in [0.1, 0.15) is 23.1 Å². The van der Waals surface area contributed by atoms with Gasteiger partial charge in [-0.15, -0.1) is 0 Å². The van der Waals surface area contributed by atoms with Crippen LogP contribution in [0.2, 0.25) is 0 Å². The molecule has 2 aliphatic heterocycles. The van der Waals surface area contributed by atoms with Crippen LogP contribution in [0.3, 0.4) is 0 Å². The van der Waals surface area contributed by atoms with E-state index in [2.05, 4.69) is 12.1 Å². The molecule has 0 N–H and O–H groups in total. The van der Waals surface area contributed by atoms with Gasteiger partial charge in [0.25, 0.3) is 0 Å². The van der Waals surface area contributed by atoms with Crippen LogP contribution in [0.25, 0.3) is 11.1 Å². The molecule has 4 aromatic rings. The molecule has 1 aliphatic carbocycles. The molecule has 8 heteroatoms. The summed E-state index contributed by atoms with van der Waals surface area (Å²) < 4.78 is 31.1. The van der Waals surface area contributed by atoms with Crippen LogP contribution in [0.4, 0.5) is 10.5 Å². The predicted molar refractivity (Wildman–Crippen MR) is 173 cm³/mol. The van der Waals surface area contributed by atoms with Crippen molar-refractivity contribution in [1.82, 2.24) is 0 Å². The summed E-state index contributed by atoms with van der Waals surface area (Å²) in [5, 5.41) is 0. The Balaban J connectivity index is 1.32. The SMILES string of the molecule is COC(=O)N(c1cccc2c1Cc1ccccc1-2)[C@H](C(=O)OC(C)(C)C)[C@@H](C)[C@@H]1COC2(O1)c1ccccc1Oc1ccccc12. The van der Waals surface area contributed by atoms with Crippen LogP contribution in [0.1, 0.15) is 49.9 Å². The number of carbonyl (C=O) groups excluding carboxylic acids is 2. The maximum Gasteiger partial charge on any atom is 0.414 e. The fraction of sp³-hybridized carbons (Fsp3) is 0.316. The zero-order valence-electron chi connectivity index (χ0n) is 26.6. The van der Waals surface area contributed by atoms with Gasteiger partial charge in [0.05, 0.1) is 36.6 Å². The van der Waals surface area contributed by atoms with Crippen molar-refractivity contribution >= 4 is 17.7 Å². The molecule has 2 heterocycles. The summed E-state index contributed by atoms with van der Waals surface area (Å²) in [7, 11) is 1.32. The molecule has 0 unspecified atom stereocenters. The molecular formula is C38H37NO7. The first-order chi connectivity index (χ1) is 22.1. The van der Waals surface area contributed by atoms with Gasteiger partial charge in [-0.1, -0.05) is 67.6 Å². The maximum absolute atomic E-state index is 14.3. The number of hydrogen-bond donors (Lipinski definition) is 0. The Kier molecular flexibility index (Phi) is 7.37. The van der Waals surface area contributed by atoms with Crippen LogP contribution in [0, 0.1) is 5.92 Å². The molecule has 0 radical (unpaired) electrons. The average molecular weight is 620 g/mol. The Morgan fingerprint density at radius 3 is 2.17 bits per heavy atom. The average Bonchev–Trinajstić information content (AvgIpc) is 3.65. The lowest BCUT2D eigenvalue weighted by atomic mass is 9.91. The minimum atomic E-state index is -1.26. The van der Waals surface area contributed by atoms with Crippen LogP contribution in [-0.4, -0.2) is 43.5 Å². The van der Waals surface area contributed by atoms with E-state index in [1.54, 1.807) is 0 Å². The first kappa shape index (κ1) is 30.0. The number of carbonyl (C=O) groups is 2. The van der Waals surface area contributed by atoms with Crippen molar-refractivity contribution in [3.8, 4) is 22.6 Å². The summed E-state index contributed by atoms with van der Waals surface area (Å²) in [6, 6.07) is 28.1. The first-order valence-electron chi connectivity index (χ1n) is 15.6. The van der Waals surface area contributed by atoms with Crippen molar-refractivity contribution in [2.24, 2.45) is 5.92 Å². The normalized spacial score (nSPS) is 18.3. The highest BCUT2D eigenvalue weighted by Crippen LogP contribution is 2.53. The topological polar surface area (TPSA) is 83.5 Å². The van der Waals surface area contributed by atoms with Gasteiger partial charge in [0.15, 0.2) is 0 Å². The van der Waals surface area contributed by atoms with E-state index < -0.39 is 41.5 Å².